The first-order chi connectivity index (χ1) is 14.9. The van der Waals surface area contributed by atoms with Gasteiger partial charge in [-0.15, -0.1) is 0 Å². The van der Waals surface area contributed by atoms with Crippen molar-refractivity contribution in [1.82, 2.24) is 10.2 Å². The smallest absolute Gasteiger partial charge is 0.261 e. The Kier molecular flexibility index (Phi) is 8.52. The number of benzene rings is 2. The predicted octanol–water partition coefficient (Wildman–Crippen LogP) is 5.00. The third-order valence-corrected chi connectivity index (χ3v) is 6.70. The maximum Gasteiger partial charge on any atom is 0.261 e. The van der Waals surface area contributed by atoms with Crippen LogP contribution in [0.15, 0.2) is 53.0 Å². The zero-order valence-corrected chi connectivity index (χ0v) is 19.9. The topological polar surface area (TPSA) is 58.6 Å². The highest BCUT2D eigenvalue weighted by Crippen LogP contribution is 2.22. The lowest BCUT2D eigenvalue weighted by Gasteiger charge is -2.31. The summed E-state index contributed by atoms with van der Waals surface area (Å²) in [6, 6.07) is 15.0. The van der Waals surface area contributed by atoms with E-state index in [1.165, 1.54) is 6.42 Å². The summed E-state index contributed by atoms with van der Waals surface area (Å²) in [4.78, 5) is 27.7. The first-order valence-corrected chi connectivity index (χ1v) is 11.8. The summed E-state index contributed by atoms with van der Waals surface area (Å²) in [5, 5.41) is 3.15. The van der Waals surface area contributed by atoms with E-state index in [2.05, 4.69) is 21.2 Å². The first-order valence-electron chi connectivity index (χ1n) is 11.0. The number of halogens is 1. The average molecular weight is 487 g/mol. The first kappa shape index (κ1) is 23.3. The van der Waals surface area contributed by atoms with Gasteiger partial charge in [0, 0.05) is 17.1 Å². The minimum atomic E-state index is -0.579. The minimum absolute atomic E-state index is 0.101. The van der Waals surface area contributed by atoms with Crippen LogP contribution < -0.4 is 10.1 Å². The molecule has 1 fully saturated rings. The van der Waals surface area contributed by atoms with Crippen molar-refractivity contribution in [3.05, 3.63) is 64.1 Å². The lowest BCUT2D eigenvalue weighted by atomic mass is 9.95. The molecule has 0 aliphatic heterocycles. The summed E-state index contributed by atoms with van der Waals surface area (Å²) in [7, 11) is 0. The number of carbonyl (C=O) groups is 2. The molecule has 1 atom stereocenters. The van der Waals surface area contributed by atoms with Crippen LogP contribution in [0, 0.1) is 6.92 Å². The Morgan fingerprint density at radius 2 is 1.84 bits per heavy atom. The van der Waals surface area contributed by atoms with E-state index >= 15 is 0 Å². The third-order valence-electron chi connectivity index (χ3n) is 5.81. The summed E-state index contributed by atoms with van der Waals surface area (Å²) in [5.41, 5.74) is 2.01. The number of rotatable bonds is 8. The summed E-state index contributed by atoms with van der Waals surface area (Å²) < 4.78 is 6.75. The van der Waals surface area contributed by atoms with Gasteiger partial charge < -0.3 is 15.0 Å². The Hall–Kier alpha value is -2.34. The lowest BCUT2D eigenvalue weighted by molar-refractivity contribution is -0.142. The second-order valence-corrected chi connectivity index (χ2v) is 9.08. The average Bonchev–Trinajstić information content (AvgIpc) is 2.79. The third kappa shape index (κ3) is 6.82. The number of aryl methyl sites for hydroxylation is 1. The van der Waals surface area contributed by atoms with Crippen LogP contribution in [0.5, 0.6) is 5.75 Å². The van der Waals surface area contributed by atoms with Gasteiger partial charge in [0.15, 0.2) is 6.61 Å². The maximum absolute atomic E-state index is 13.1. The molecule has 1 saturated carbocycles. The van der Waals surface area contributed by atoms with Crippen molar-refractivity contribution in [3.8, 4) is 5.75 Å². The molecule has 1 aliphatic rings. The van der Waals surface area contributed by atoms with Crippen LogP contribution in [0.25, 0.3) is 0 Å². The largest absolute Gasteiger partial charge is 0.484 e. The van der Waals surface area contributed by atoms with Crippen molar-refractivity contribution in [2.45, 2.75) is 64.6 Å². The van der Waals surface area contributed by atoms with Crippen molar-refractivity contribution in [2.75, 3.05) is 6.61 Å². The summed E-state index contributed by atoms with van der Waals surface area (Å²) in [5.74, 6) is 0.319. The zero-order valence-electron chi connectivity index (χ0n) is 18.3. The van der Waals surface area contributed by atoms with Crippen molar-refractivity contribution >= 4 is 27.7 Å². The van der Waals surface area contributed by atoms with E-state index in [0.29, 0.717) is 12.3 Å². The Labute approximate surface area is 193 Å². The second-order valence-electron chi connectivity index (χ2n) is 8.23. The van der Waals surface area contributed by atoms with E-state index in [9.17, 15) is 9.59 Å². The zero-order chi connectivity index (χ0) is 22.2. The number of ether oxygens (including phenoxy) is 1. The molecule has 0 unspecified atom stereocenters. The molecule has 5 nitrogen and oxygen atoms in total. The number of hydrogen-bond acceptors (Lipinski definition) is 3. The molecule has 2 amide bonds. The lowest BCUT2D eigenvalue weighted by Crippen LogP contribution is -2.51. The van der Waals surface area contributed by atoms with Crippen LogP contribution in [0.3, 0.4) is 0 Å². The molecule has 3 rings (SSSR count). The van der Waals surface area contributed by atoms with Crippen LogP contribution in [0.4, 0.5) is 0 Å². The van der Waals surface area contributed by atoms with Gasteiger partial charge in [0.1, 0.15) is 11.8 Å². The molecule has 2 aromatic rings. The van der Waals surface area contributed by atoms with Gasteiger partial charge in [-0.1, -0.05) is 65.5 Å². The summed E-state index contributed by atoms with van der Waals surface area (Å²) in [6.45, 7) is 4.01. The van der Waals surface area contributed by atoms with Crippen molar-refractivity contribution in [2.24, 2.45) is 0 Å². The Morgan fingerprint density at radius 1 is 1.13 bits per heavy atom. The molecule has 0 bridgehead atoms. The van der Waals surface area contributed by atoms with Gasteiger partial charge in [-0.3, -0.25) is 9.59 Å². The molecule has 0 saturated heterocycles. The van der Waals surface area contributed by atoms with Gasteiger partial charge >= 0.3 is 0 Å². The van der Waals surface area contributed by atoms with Crippen LogP contribution in [-0.2, 0) is 16.1 Å². The summed E-state index contributed by atoms with van der Waals surface area (Å²) in [6.07, 6.45) is 5.54. The molecule has 0 spiro atoms. The quantitative estimate of drug-likeness (QED) is 0.570. The fourth-order valence-electron chi connectivity index (χ4n) is 3.87. The van der Waals surface area contributed by atoms with Crippen LogP contribution in [0.2, 0.25) is 0 Å². The highest BCUT2D eigenvalue weighted by molar-refractivity contribution is 9.10. The van der Waals surface area contributed by atoms with Crippen LogP contribution in [0.1, 0.15) is 50.2 Å². The van der Waals surface area contributed by atoms with E-state index in [1.54, 1.807) is 11.8 Å². The van der Waals surface area contributed by atoms with Gasteiger partial charge in [-0.25, -0.2) is 0 Å². The molecule has 166 valence electrons. The molecular formula is C25H31BrN2O3. The Morgan fingerprint density at radius 3 is 2.52 bits per heavy atom. The molecular weight excluding hydrogens is 456 g/mol. The van der Waals surface area contributed by atoms with E-state index in [4.69, 9.17) is 4.74 Å². The van der Waals surface area contributed by atoms with Crippen molar-refractivity contribution in [1.29, 1.82) is 0 Å². The normalized spacial score (nSPS) is 15.2. The van der Waals surface area contributed by atoms with Crippen LogP contribution in [-0.4, -0.2) is 35.4 Å². The number of nitrogens with one attached hydrogen (secondary N) is 1. The molecule has 0 heterocycles. The van der Waals surface area contributed by atoms with Crippen molar-refractivity contribution in [3.63, 3.8) is 0 Å². The number of nitrogens with zero attached hydrogens (tertiary/aromatic N) is 1. The number of carbonyl (C=O) groups excluding carboxylic acids is 2. The fourth-order valence-corrected chi connectivity index (χ4v) is 4.11. The molecule has 31 heavy (non-hydrogen) atoms. The monoisotopic (exact) mass is 486 g/mol. The van der Waals surface area contributed by atoms with Gasteiger partial charge in [0.05, 0.1) is 0 Å². The standard InChI is InChI=1S/C25H31BrN2O3/c1-18-15-22(13-14-23(18)26)31-17-24(29)28(16-20-9-5-3-6-10-20)19(2)25(30)27-21-11-7-4-8-12-21/h3,5-6,9-10,13-15,19,21H,4,7-8,11-12,16-17H2,1-2H3,(H,27,30)/t19-/m0/s1. The molecule has 0 radical (unpaired) electrons. The number of amides is 2. The molecule has 1 aliphatic carbocycles. The molecule has 6 heteroatoms. The van der Waals surface area contributed by atoms with Gasteiger partial charge in [-0.2, -0.15) is 0 Å². The molecule has 0 aromatic heterocycles. The maximum atomic E-state index is 13.1. The molecule has 2 aromatic carbocycles. The minimum Gasteiger partial charge on any atom is -0.484 e. The SMILES string of the molecule is Cc1cc(OCC(=O)N(Cc2ccccc2)[C@@H](C)C(=O)NC2CCCCC2)ccc1Br. The second kappa shape index (κ2) is 11.3. The van der Waals surface area contributed by atoms with E-state index in [1.807, 2.05) is 55.5 Å². The van der Waals surface area contributed by atoms with Gasteiger partial charge in [0.2, 0.25) is 5.91 Å². The summed E-state index contributed by atoms with van der Waals surface area (Å²) >= 11 is 3.47. The number of hydrogen-bond donors (Lipinski definition) is 1. The van der Waals surface area contributed by atoms with E-state index < -0.39 is 6.04 Å². The van der Waals surface area contributed by atoms with Crippen LogP contribution >= 0.6 is 15.9 Å². The van der Waals surface area contributed by atoms with Gasteiger partial charge in [0.25, 0.3) is 5.91 Å². The van der Waals surface area contributed by atoms with Crippen molar-refractivity contribution < 1.29 is 14.3 Å². The molecule has 1 N–H and O–H groups in total. The Balaban J connectivity index is 1.68. The van der Waals surface area contributed by atoms with E-state index in [0.717, 1.165) is 41.3 Å². The Bertz CT molecular complexity index is 882. The highest BCUT2D eigenvalue weighted by atomic mass is 79.9. The fraction of sp³-hybridized carbons (Fsp3) is 0.440. The predicted molar refractivity (Wildman–Crippen MR) is 126 cm³/mol. The van der Waals surface area contributed by atoms with E-state index in [-0.39, 0.29) is 24.5 Å². The highest BCUT2D eigenvalue weighted by Gasteiger charge is 2.28. The van der Waals surface area contributed by atoms with Gasteiger partial charge in [-0.05, 0) is 56.0 Å².